The second-order valence-electron chi connectivity index (χ2n) is 6.86. The zero-order valence-electron chi connectivity index (χ0n) is 15.5. The third kappa shape index (κ3) is 2.35. The molecule has 1 heterocycles. The fraction of sp³-hybridized carbons (Fsp3) is 0.174. The van der Waals surface area contributed by atoms with Crippen molar-refractivity contribution in [3.63, 3.8) is 0 Å². The van der Waals surface area contributed by atoms with Gasteiger partial charge in [-0.15, -0.1) is 0 Å². The quantitative estimate of drug-likeness (QED) is 0.442. The van der Waals surface area contributed by atoms with Gasteiger partial charge in [0.25, 0.3) is 5.82 Å². The number of rotatable bonds is 2. The summed E-state index contributed by atoms with van der Waals surface area (Å²) in [5, 5.41) is 0. The van der Waals surface area contributed by atoms with E-state index in [2.05, 4.69) is 59.4 Å². The van der Waals surface area contributed by atoms with Crippen molar-refractivity contribution in [1.29, 1.82) is 0 Å². The fourth-order valence-corrected chi connectivity index (χ4v) is 3.85. The molecule has 4 aromatic rings. The van der Waals surface area contributed by atoms with E-state index < -0.39 is 0 Å². The van der Waals surface area contributed by atoms with Crippen LogP contribution in [0.4, 0.5) is 4.39 Å². The molecule has 0 N–H and O–H groups in total. The van der Waals surface area contributed by atoms with E-state index in [-0.39, 0.29) is 5.82 Å². The first-order valence-electron chi connectivity index (χ1n) is 8.82. The summed E-state index contributed by atoms with van der Waals surface area (Å²) >= 11 is 0. The molecule has 26 heavy (non-hydrogen) atoms. The molecule has 3 heteroatoms. The molecule has 0 bridgehead atoms. The van der Waals surface area contributed by atoms with Gasteiger partial charge >= 0.3 is 0 Å². The van der Waals surface area contributed by atoms with Crippen molar-refractivity contribution in [1.82, 2.24) is 4.57 Å². The van der Waals surface area contributed by atoms with Crippen LogP contribution in [-0.4, -0.2) is 4.57 Å². The second-order valence-corrected chi connectivity index (χ2v) is 6.86. The number of imidazole rings is 1. The number of para-hydroxylation sites is 3. The minimum atomic E-state index is -0.180. The Morgan fingerprint density at radius 3 is 2.19 bits per heavy atom. The number of hydrogen-bond donors (Lipinski definition) is 0. The van der Waals surface area contributed by atoms with Gasteiger partial charge in [-0.2, -0.15) is 4.57 Å². The summed E-state index contributed by atoms with van der Waals surface area (Å²) in [5.41, 5.74) is 7.36. The molecule has 2 nitrogen and oxygen atoms in total. The first-order valence-corrected chi connectivity index (χ1v) is 8.82. The minimum Gasteiger partial charge on any atom is -0.225 e. The van der Waals surface area contributed by atoms with Crippen LogP contribution in [0.2, 0.25) is 0 Å². The third-order valence-corrected chi connectivity index (χ3v) is 5.19. The van der Waals surface area contributed by atoms with Gasteiger partial charge in [0.15, 0.2) is 11.0 Å². The van der Waals surface area contributed by atoms with Crippen molar-refractivity contribution in [2.45, 2.75) is 20.8 Å². The van der Waals surface area contributed by atoms with Gasteiger partial charge in [0.2, 0.25) is 0 Å². The van der Waals surface area contributed by atoms with Crippen molar-refractivity contribution in [2.24, 2.45) is 7.05 Å². The van der Waals surface area contributed by atoms with Crippen LogP contribution in [0.25, 0.3) is 28.1 Å². The van der Waals surface area contributed by atoms with Gasteiger partial charge in [-0.25, -0.2) is 8.96 Å². The highest BCUT2D eigenvalue weighted by atomic mass is 19.1. The molecule has 0 aliphatic heterocycles. The molecule has 1 aromatic heterocycles. The van der Waals surface area contributed by atoms with E-state index in [0.717, 1.165) is 28.1 Å². The lowest BCUT2D eigenvalue weighted by atomic mass is 10.1. The minimum absolute atomic E-state index is 0.180. The van der Waals surface area contributed by atoms with Crippen LogP contribution >= 0.6 is 0 Å². The molecule has 0 fully saturated rings. The van der Waals surface area contributed by atoms with Gasteiger partial charge in [-0.3, -0.25) is 0 Å². The van der Waals surface area contributed by atoms with Crippen molar-refractivity contribution in [3.8, 4) is 17.1 Å². The summed E-state index contributed by atoms with van der Waals surface area (Å²) in [6, 6.07) is 19.9. The summed E-state index contributed by atoms with van der Waals surface area (Å²) in [6.07, 6.45) is 0. The van der Waals surface area contributed by atoms with Crippen LogP contribution in [0.3, 0.4) is 0 Å². The van der Waals surface area contributed by atoms with Gasteiger partial charge in [0.1, 0.15) is 11.5 Å². The molecule has 0 aliphatic carbocycles. The van der Waals surface area contributed by atoms with Crippen LogP contribution in [-0.2, 0) is 7.05 Å². The number of aromatic nitrogens is 2. The highest BCUT2D eigenvalue weighted by molar-refractivity contribution is 5.80. The molecule has 0 spiro atoms. The van der Waals surface area contributed by atoms with Crippen LogP contribution in [0.1, 0.15) is 16.7 Å². The van der Waals surface area contributed by atoms with Crippen LogP contribution in [0.5, 0.6) is 0 Å². The summed E-state index contributed by atoms with van der Waals surface area (Å²) in [5.74, 6) is 0.807. The lowest BCUT2D eigenvalue weighted by Crippen LogP contribution is -2.30. The predicted molar refractivity (Wildman–Crippen MR) is 104 cm³/mol. The highest BCUT2D eigenvalue weighted by Gasteiger charge is 2.29. The Morgan fingerprint density at radius 1 is 0.808 bits per heavy atom. The molecular weight excluding hydrogens is 323 g/mol. The maximum Gasteiger partial charge on any atom is 0.295 e. The number of fused-ring (bicyclic) bond motifs is 1. The van der Waals surface area contributed by atoms with E-state index >= 15 is 0 Å². The Balaban J connectivity index is 2.21. The average molecular weight is 345 g/mol. The zero-order chi connectivity index (χ0) is 18.4. The Bertz CT molecular complexity index is 1120. The normalized spacial score (nSPS) is 11.3. The van der Waals surface area contributed by atoms with Gasteiger partial charge in [0.05, 0.1) is 12.6 Å². The topological polar surface area (TPSA) is 8.81 Å². The predicted octanol–water partition coefficient (Wildman–Crippen LogP) is 5.19. The zero-order valence-corrected chi connectivity index (χ0v) is 15.5. The van der Waals surface area contributed by atoms with Crippen molar-refractivity contribution >= 4 is 11.0 Å². The molecule has 0 unspecified atom stereocenters. The van der Waals surface area contributed by atoms with Crippen LogP contribution in [0, 0.1) is 26.6 Å². The summed E-state index contributed by atoms with van der Waals surface area (Å²) in [4.78, 5) is 0. The standard InChI is InChI=1S/C23H22FN2/c1-15-9-7-10-16(2)22(15)26-21-14-6-5-13-20(21)25(4)23(26)18-11-8-12-19(24)17(18)3/h5-14H,1-4H3/q+1. The largest absolute Gasteiger partial charge is 0.295 e. The number of halogens is 1. The Labute approximate surface area is 153 Å². The molecule has 4 rings (SSSR count). The Kier molecular flexibility index (Phi) is 3.87. The number of benzene rings is 3. The van der Waals surface area contributed by atoms with Gasteiger partial charge in [-0.05, 0) is 56.2 Å². The maximum atomic E-state index is 14.3. The van der Waals surface area contributed by atoms with Crippen LogP contribution in [0.15, 0.2) is 60.7 Å². The highest BCUT2D eigenvalue weighted by Crippen LogP contribution is 2.32. The molecule has 0 atom stereocenters. The molecule has 3 aromatic carbocycles. The van der Waals surface area contributed by atoms with Gasteiger partial charge < -0.3 is 0 Å². The molecule has 0 saturated carbocycles. The fourth-order valence-electron chi connectivity index (χ4n) is 3.85. The first kappa shape index (κ1) is 16.5. The SMILES string of the molecule is Cc1cccc(C)c1-n1c(-c2cccc(F)c2C)[n+](C)c2ccccc21. The van der Waals surface area contributed by atoms with E-state index in [4.69, 9.17) is 0 Å². The molecule has 0 aliphatic rings. The lowest BCUT2D eigenvalue weighted by molar-refractivity contribution is -0.633. The number of hydrogen-bond acceptors (Lipinski definition) is 0. The van der Waals surface area contributed by atoms with Crippen LogP contribution < -0.4 is 4.57 Å². The number of aryl methyl sites for hydroxylation is 3. The maximum absolute atomic E-state index is 14.3. The second kappa shape index (κ2) is 6.10. The van der Waals surface area contributed by atoms with Crippen molar-refractivity contribution in [3.05, 3.63) is 83.2 Å². The molecule has 130 valence electrons. The van der Waals surface area contributed by atoms with Crippen molar-refractivity contribution in [2.75, 3.05) is 0 Å². The smallest absolute Gasteiger partial charge is 0.225 e. The molecule has 0 amide bonds. The molecule has 0 saturated heterocycles. The summed E-state index contributed by atoms with van der Waals surface area (Å²) < 4.78 is 18.7. The monoisotopic (exact) mass is 345 g/mol. The van der Waals surface area contributed by atoms with E-state index in [0.29, 0.717) is 5.56 Å². The lowest BCUT2D eigenvalue weighted by Gasteiger charge is -2.11. The first-order chi connectivity index (χ1) is 12.5. The average Bonchev–Trinajstić information content (AvgIpc) is 2.91. The van der Waals surface area contributed by atoms with Crippen molar-refractivity contribution < 1.29 is 8.96 Å². The van der Waals surface area contributed by atoms with Gasteiger partial charge in [-0.1, -0.05) is 36.4 Å². The summed E-state index contributed by atoms with van der Waals surface area (Å²) in [6.45, 7) is 6.09. The Morgan fingerprint density at radius 2 is 1.46 bits per heavy atom. The Hall–Kier alpha value is -2.94. The summed E-state index contributed by atoms with van der Waals surface area (Å²) in [7, 11) is 2.05. The third-order valence-electron chi connectivity index (χ3n) is 5.19. The van der Waals surface area contributed by atoms with E-state index in [1.807, 2.05) is 26.1 Å². The van der Waals surface area contributed by atoms with E-state index in [1.165, 1.54) is 17.2 Å². The number of nitrogens with zero attached hydrogens (tertiary/aromatic N) is 2. The van der Waals surface area contributed by atoms with E-state index in [9.17, 15) is 4.39 Å². The van der Waals surface area contributed by atoms with Gasteiger partial charge in [0, 0.05) is 5.56 Å². The van der Waals surface area contributed by atoms with E-state index in [1.54, 1.807) is 6.07 Å². The molecular formula is C23H22FN2+. The molecule has 0 radical (unpaired) electrons.